The second-order valence-electron chi connectivity index (χ2n) is 6.14. The number of benzene rings is 1. The number of aromatic nitrogens is 3. The molecule has 0 bridgehead atoms. The highest BCUT2D eigenvalue weighted by atomic mass is 32.2. The maximum atomic E-state index is 12.0. The van der Waals surface area contributed by atoms with Gasteiger partial charge in [0.15, 0.2) is 10.8 Å². The number of nitrogens with one attached hydrogen (secondary N) is 1. The summed E-state index contributed by atoms with van der Waals surface area (Å²) in [4.78, 5) is 23.5. The van der Waals surface area contributed by atoms with Gasteiger partial charge < -0.3 is 10.1 Å². The first kappa shape index (κ1) is 18.1. The molecule has 8 heteroatoms. The van der Waals surface area contributed by atoms with E-state index in [0.717, 1.165) is 33.4 Å². The van der Waals surface area contributed by atoms with E-state index in [9.17, 15) is 9.90 Å². The minimum atomic E-state index is -0.420. The number of azo groups is 1. The largest absolute Gasteiger partial charge is 0.493 e. The zero-order valence-corrected chi connectivity index (χ0v) is 15.8. The molecule has 1 aromatic carbocycles. The van der Waals surface area contributed by atoms with Gasteiger partial charge in [-0.3, -0.25) is 4.79 Å². The lowest BCUT2D eigenvalue weighted by molar-refractivity contribution is -0.115. The third-order valence-corrected chi connectivity index (χ3v) is 4.58. The number of aromatic amines is 1. The fourth-order valence-corrected chi connectivity index (χ4v) is 3.47. The van der Waals surface area contributed by atoms with Crippen LogP contribution in [0.2, 0.25) is 0 Å². The van der Waals surface area contributed by atoms with E-state index in [-0.39, 0.29) is 17.3 Å². The number of rotatable bonds is 4. The van der Waals surface area contributed by atoms with Crippen molar-refractivity contribution in [2.75, 3.05) is 5.75 Å². The molecule has 3 aromatic rings. The number of nitrogens with zero attached hydrogens (tertiary/aromatic N) is 4. The number of fused-ring (bicyclic) bond motifs is 1. The predicted molar refractivity (Wildman–Crippen MR) is 101 cm³/mol. The number of aryl methyl sites for hydroxylation is 4. The van der Waals surface area contributed by atoms with Gasteiger partial charge in [-0.1, -0.05) is 23.4 Å². The summed E-state index contributed by atoms with van der Waals surface area (Å²) < 4.78 is 0. The van der Waals surface area contributed by atoms with Gasteiger partial charge in [0.1, 0.15) is 0 Å². The van der Waals surface area contributed by atoms with E-state index in [0.29, 0.717) is 5.16 Å². The van der Waals surface area contributed by atoms with E-state index in [1.807, 2.05) is 45.9 Å². The van der Waals surface area contributed by atoms with Gasteiger partial charge in [0.05, 0.1) is 11.3 Å². The predicted octanol–water partition coefficient (Wildman–Crippen LogP) is 4.30. The van der Waals surface area contributed by atoms with Crippen LogP contribution in [0.4, 0.5) is 5.69 Å². The van der Waals surface area contributed by atoms with Gasteiger partial charge in [-0.05, 0) is 45.4 Å². The summed E-state index contributed by atoms with van der Waals surface area (Å²) in [6, 6.07) is 5.77. The zero-order valence-electron chi connectivity index (χ0n) is 15.0. The highest BCUT2D eigenvalue weighted by Crippen LogP contribution is 2.37. The average molecular weight is 369 g/mol. The number of aromatic hydroxyl groups is 1. The van der Waals surface area contributed by atoms with Crippen molar-refractivity contribution in [1.29, 1.82) is 0 Å². The first-order valence-electron chi connectivity index (χ1n) is 8.05. The molecule has 2 heterocycles. The van der Waals surface area contributed by atoms with Crippen LogP contribution < -0.4 is 0 Å². The SMILES string of the molecule is Cc1cc(C)c2[nH]c(O)c(N=NC(=O)CSc3nc(C)cc(C)n3)c2c1. The minimum absolute atomic E-state index is 0.0770. The molecule has 1 amide bonds. The van der Waals surface area contributed by atoms with Crippen LogP contribution in [0.5, 0.6) is 5.88 Å². The summed E-state index contributed by atoms with van der Waals surface area (Å²) in [5, 5.41) is 19.0. The smallest absolute Gasteiger partial charge is 0.275 e. The van der Waals surface area contributed by atoms with Crippen molar-refractivity contribution in [3.63, 3.8) is 0 Å². The Hall–Kier alpha value is -2.74. The van der Waals surface area contributed by atoms with Gasteiger partial charge in [0, 0.05) is 16.8 Å². The highest BCUT2D eigenvalue weighted by Gasteiger charge is 2.13. The summed E-state index contributed by atoms with van der Waals surface area (Å²) >= 11 is 1.21. The molecule has 0 saturated carbocycles. The van der Waals surface area contributed by atoms with Crippen LogP contribution in [-0.4, -0.2) is 31.7 Å². The topological polar surface area (TPSA) is 104 Å². The first-order valence-corrected chi connectivity index (χ1v) is 9.03. The van der Waals surface area contributed by atoms with E-state index in [1.165, 1.54) is 11.8 Å². The molecule has 0 atom stereocenters. The van der Waals surface area contributed by atoms with Crippen molar-refractivity contribution < 1.29 is 9.90 Å². The maximum absolute atomic E-state index is 12.0. The number of carbonyl (C=O) groups is 1. The molecule has 2 aromatic heterocycles. The summed E-state index contributed by atoms with van der Waals surface area (Å²) in [7, 11) is 0. The van der Waals surface area contributed by atoms with Crippen LogP contribution in [0.15, 0.2) is 33.6 Å². The molecule has 0 aliphatic rings. The summed E-state index contributed by atoms with van der Waals surface area (Å²) in [6.45, 7) is 7.66. The minimum Gasteiger partial charge on any atom is -0.493 e. The Morgan fingerprint density at radius 3 is 2.54 bits per heavy atom. The first-order chi connectivity index (χ1) is 12.3. The van der Waals surface area contributed by atoms with E-state index < -0.39 is 5.91 Å². The molecule has 3 rings (SSSR count). The van der Waals surface area contributed by atoms with Gasteiger partial charge in [0.2, 0.25) is 5.88 Å². The van der Waals surface area contributed by atoms with Crippen LogP contribution in [0.25, 0.3) is 10.9 Å². The van der Waals surface area contributed by atoms with Crippen LogP contribution in [0, 0.1) is 27.7 Å². The fourth-order valence-electron chi connectivity index (χ4n) is 2.75. The van der Waals surface area contributed by atoms with Crippen LogP contribution in [0.3, 0.4) is 0 Å². The lowest BCUT2D eigenvalue weighted by Gasteiger charge is -2.00. The number of thioether (sulfide) groups is 1. The van der Waals surface area contributed by atoms with Crippen molar-refractivity contribution in [1.82, 2.24) is 15.0 Å². The van der Waals surface area contributed by atoms with Gasteiger partial charge >= 0.3 is 0 Å². The molecule has 0 saturated heterocycles. The van der Waals surface area contributed by atoms with E-state index in [2.05, 4.69) is 25.2 Å². The zero-order chi connectivity index (χ0) is 18.8. The normalized spacial score (nSPS) is 11.5. The average Bonchev–Trinajstić information content (AvgIpc) is 2.86. The Bertz CT molecular complexity index is 1010. The number of hydrogen-bond donors (Lipinski definition) is 2. The summed E-state index contributed by atoms with van der Waals surface area (Å²) in [6.07, 6.45) is 0. The van der Waals surface area contributed by atoms with E-state index >= 15 is 0 Å². The molecule has 0 unspecified atom stereocenters. The monoisotopic (exact) mass is 369 g/mol. The Morgan fingerprint density at radius 2 is 1.85 bits per heavy atom. The molecule has 0 aliphatic carbocycles. The van der Waals surface area contributed by atoms with Gasteiger partial charge in [0.25, 0.3) is 5.91 Å². The highest BCUT2D eigenvalue weighted by molar-refractivity contribution is 7.99. The molecule has 2 N–H and O–H groups in total. The molecule has 134 valence electrons. The third-order valence-electron chi connectivity index (χ3n) is 3.75. The Balaban J connectivity index is 1.76. The molecular formula is C18H19N5O2S. The molecule has 7 nitrogen and oxygen atoms in total. The lowest BCUT2D eigenvalue weighted by atomic mass is 10.1. The standard InChI is InChI=1S/C18H19N5O2S/c1-9-5-10(2)15-13(6-9)16(17(25)21-15)23-22-14(24)8-26-18-19-11(3)7-12(4)20-18/h5-7,21,25H,8H2,1-4H3. The number of carbonyl (C=O) groups excluding carboxylic acids is 1. The molecule has 0 spiro atoms. The van der Waals surface area contributed by atoms with Crippen molar-refractivity contribution in [2.45, 2.75) is 32.9 Å². The number of hydrogen-bond acceptors (Lipinski definition) is 6. The summed E-state index contributed by atoms with van der Waals surface area (Å²) in [5.41, 5.74) is 4.79. The van der Waals surface area contributed by atoms with Crippen molar-refractivity contribution >= 4 is 34.3 Å². The lowest BCUT2D eigenvalue weighted by Crippen LogP contribution is -1.99. The molecule has 26 heavy (non-hydrogen) atoms. The Morgan fingerprint density at radius 1 is 1.15 bits per heavy atom. The fraction of sp³-hybridized carbons (Fsp3) is 0.278. The number of amides is 1. The van der Waals surface area contributed by atoms with E-state index in [1.54, 1.807) is 0 Å². The van der Waals surface area contributed by atoms with E-state index in [4.69, 9.17) is 0 Å². The van der Waals surface area contributed by atoms with Crippen LogP contribution in [-0.2, 0) is 4.79 Å². The maximum Gasteiger partial charge on any atom is 0.275 e. The van der Waals surface area contributed by atoms with Crippen LogP contribution in [0.1, 0.15) is 22.5 Å². The Kier molecular flexibility index (Phi) is 5.03. The van der Waals surface area contributed by atoms with Gasteiger partial charge in [-0.15, -0.1) is 10.2 Å². The second-order valence-corrected chi connectivity index (χ2v) is 7.08. The third kappa shape index (κ3) is 3.91. The van der Waals surface area contributed by atoms with Gasteiger partial charge in [-0.25, -0.2) is 9.97 Å². The molecule has 0 aliphatic heterocycles. The van der Waals surface area contributed by atoms with Gasteiger partial charge in [-0.2, -0.15) is 0 Å². The second kappa shape index (κ2) is 7.25. The van der Waals surface area contributed by atoms with Crippen LogP contribution >= 0.6 is 11.8 Å². The molecular weight excluding hydrogens is 350 g/mol. The van der Waals surface area contributed by atoms with Crippen molar-refractivity contribution in [3.05, 3.63) is 40.7 Å². The van der Waals surface area contributed by atoms with Crippen molar-refractivity contribution in [2.24, 2.45) is 10.2 Å². The molecule has 0 radical (unpaired) electrons. The Labute approximate surface area is 155 Å². The van der Waals surface area contributed by atoms with Crippen molar-refractivity contribution in [3.8, 4) is 5.88 Å². The molecule has 0 fully saturated rings. The summed E-state index contributed by atoms with van der Waals surface area (Å²) in [5.74, 6) is -0.445. The quantitative estimate of drug-likeness (QED) is 0.405. The number of H-pyrrole nitrogens is 1.